The number of benzene rings is 1. The number of allylic oxidation sites excluding steroid dienone is 1. The van der Waals surface area contributed by atoms with E-state index < -0.39 is 0 Å². The van der Waals surface area contributed by atoms with Crippen LogP contribution in [0.15, 0.2) is 46.8 Å². The van der Waals surface area contributed by atoms with Gasteiger partial charge in [0.2, 0.25) is 5.91 Å². The predicted octanol–water partition coefficient (Wildman–Crippen LogP) is 6.79. The van der Waals surface area contributed by atoms with Crippen molar-refractivity contribution in [2.24, 2.45) is 5.92 Å². The summed E-state index contributed by atoms with van der Waals surface area (Å²) in [6.45, 7) is 11.0. The summed E-state index contributed by atoms with van der Waals surface area (Å²) in [6.07, 6.45) is 5.27. The molecular formula is C27H29N5OS3. The Morgan fingerprint density at radius 3 is 2.92 bits per heavy atom. The zero-order valence-corrected chi connectivity index (χ0v) is 23.2. The highest BCUT2D eigenvalue weighted by atomic mass is 32.2. The maximum Gasteiger partial charge on any atom is 0.236 e. The van der Waals surface area contributed by atoms with Crippen LogP contribution in [0.5, 0.6) is 0 Å². The van der Waals surface area contributed by atoms with Crippen molar-refractivity contribution in [2.75, 3.05) is 11.1 Å². The molecule has 5 rings (SSSR count). The molecule has 1 aromatic carbocycles. The Labute approximate surface area is 223 Å². The van der Waals surface area contributed by atoms with Crippen LogP contribution >= 0.6 is 34.4 Å². The molecule has 3 heterocycles. The number of rotatable bonds is 8. The minimum Gasteiger partial charge on any atom is -0.301 e. The standard InChI is InChI=1S/C27H29N5OS3/c1-5-10-32-25(21-13-34-23-11-16(2)6-9-20(21)23)30-31-27(32)36-15-24(33)29-26-28-22(14-35-26)19-8-7-17(3)18(4)12-19/h5,7-8,12-14,16H,1,6,9-11,15H2,2-4H3,(H,28,29,33). The predicted molar refractivity (Wildman–Crippen MR) is 151 cm³/mol. The molecule has 1 aliphatic carbocycles. The van der Waals surface area contributed by atoms with Crippen LogP contribution in [0.1, 0.15) is 34.9 Å². The molecule has 0 aliphatic heterocycles. The van der Waals surface area contributed by atoms with Crippen molar-refractivity contribution in [1.29, 1.82) is 0 Å². The van der Waals surface area contributed by atoms with Crippen molar-refractivity contribution >= 4 is 45.5 Å². The Balaban J connectivity index is 1.26. The first-order chi connectivity index (χ1) is 17.4. The van der Waals surface area contributed by atoms with Gasteiger partial charge in [-0.1, -0.05) is 36.9 Å². The molecule has 0 spiro atoms. The van der Waals surface area contributed by atoms with Crippen molar-refractivity contribution < 1.29 is 4.79 Å². The molecule has 9 heteroatoms. The number of thiazole rings is 1. The first-order valence-electron chi connectivity index (χ1n) is 12.0. The average molecular weight is 536 g/mol. The van der Waals surface area contributed by atoms with Gasteiger partial charge in [-0.3, -0.25) is 9.36 Å². The Hall–Kier alpha value is -2.75. The second kappa shape index (κ2) is 10.7. The first kappa shape index (κ1) is 24.9. The van der Waals surface area contributed by atoms with Crippen molar-refractivity contribution in [3.8, 4) is 22.6 Å². The Bertz CT molecular complexity index is 1420. The topological polar surface area (TPSA) is 72.7 Å². The zero-order valence-electron chi connectivity index (χ0n) is 20.7. The van der Waals surface area contributed by atoms with Crippen LogP contribution in [-0.4, -0.2) is 31.4 Å². The monoisotopic (exact) mass is 535 g/mol. The Morgan fingerprint density at radius 2 is 2.11 bits per heavy atom. The number of thioether (sulfide) groups is 1. The lowest BCUT2D eigenvalue weighted by atomic mass is 9.88. The van der Waals surface area contributed by atoms with Crippen LogP contribution in [0.4, 0.5) is 5.13 Å². The molecule has 1 atom stereocenters. The maximum atomic E-state index is 12.7. The third-order valence-electron chi connectivity index (χ3n) is 6.56. The zero-order chi connectivity index (χ0) is 25.2. The highest BCUT2D eigenvalue weighted by Crippen LogP contribution is 2.38. The molecule has 1 aliphatic rings. The van der Waals surface area contributed by atoms with Gasteiger partial charge in [0.15, 0.2) is 16.1 Å². The molecule has 0 bridgehead atoms. The van der Waals surface area contributed by atoms with E-state index in [1.54, 1.807) is 0 Å². The first-order valence-corrected chi connectivity index (χ1v) is 14.8. The van der Waals surface area contributed by atoms with Gasteiger partial charge in [0.25, 0.3) is 0 Å². The number of carbonyl (C=O) groups excluding carboxylic acids is 1. The minimum atomic E-state index is -0.113. The molecule has 0 saturated carbocycles. The molecule has 0 fully saturated rings. The van der Waals surface area contributed by atoms with Gasteiger partial charge >= 0.3 is 0 Å². The van der Waals surface area contributed by atoms with Crippen LogP contribution < -0.4 is 5.32 Å². The number of hydrogen-bond donors (Lipinski definition) is 1. The molecule has 0 radical (unpaired) electrons. The van der Waals surface area contributed by atoms with Gasteiger partial charge in [0, 0.05) is 33.3 Å². The number of aromatic nitrogens is 4. The summed E-state index contributed by atoms with van der Waals surface area (Å²) in [5, 5.41) is 17.4. The van der Waals surface area contributed by atoms with Crippen LogP contribution in [0.25, 0.3) is 22.6 Å². The number of carbonyl (C=O) groups is 1. The number of hydrogen-bond acceptors (Lipinski definition) is 7. The summed E-state index contributed by atoms with van der Waals surface area (Å²) in [5.41, 5.74) is 6.99. The lowest BCUT2D eigenvalue weighted by Crippen LogP contribution is -2.14. The number of amides is 1. The Kier molecular flexibility index (Phi) is 7.41. The third-order valence-corrected chi connectivity index (χ3v) is 9.33. The van der Waals surface area contributed by atoms with Gasteiger partial charge in [-0.15, -0.1) is 39.4 Å². The van der Waals surface area contributed by atoms with E-state index in [-0.39, 0.29) is 11.7 Å². The van der Waals surface area contributed by atoms with E-state index in [9.17, 15) is 4.79 Å². The van der Waals surface area contributed by atoms with E-state index in [4.69, 9.17) is 0 Å². The average Bonchev–Trinajstić information content (AvgIpc) is 3.58. The molecular weight excluding hydrogens is 507 g/mol. The van der Waals surface area contributed by atoms with E-state index in [2.05, 4.69) is 76.0 Å². The quantitative estimate of drug-likeness (QED) is 0.199. The number of nitrogens with zero attached hydrogens (tertiary/aromatic N) is 4. The highest BCUT2D eigenvalue weighted by molar-refractivity contribution is 7.99. The van der Waals surface area contributed by atoms with Gasteiger partial charge in [-0.05, 0) is 61.8 Å². The molecule has 1 N–H and O–H groups in total. The van der Waals surface area contributed by atoms with Crippen LogP contribution in [0.2, 0.25) is 0 Å². The molecule has 1 amide bonds. The normalized spacial score (nSPS) is 15.0. The second-order valence-electron chi connectivity index (χ2n) is 9.28. The molecule has 0 saturated heterocycles. The summed E-state index contributed by atoms with van der Waals surface area (Å²) >= 11 is 4.64. The van der Waals surface area contributed by atoms with Crippen molar-refractivity contribution in [1.82, 2.24) is 19.7 Å². The number of thiophene rings is 1. The number of anilines is 1. The van der Waals surface area contributed by atoms with Gasteiger partial charge in [-0.25, -0.2) is 4.98 Å². The highest BCUT2D eigenvalue weighted by Gasteiger charge is 2.24. The summed E-state index contributed by atoms with van der Waals surface area (Å²) in [4.78, 5) is 18.8. The second-order valence-corrected chi connectivity index (χ2v) is 12.0. The van der Waals surface area contributed by atoms with E-state index in [0.29, 0.717) is 11.7 Å². The summed E-state index contributed by atoms with van der Waals surface area (Å²) in [5.74, 6) is 1.71. The van der Waals surface area contributed by atoms with E-state index in [1.807, 2.05) is 22.8 Å². The van der Waals surface area contributed by atoms with E-state index in [0.717, 1.165) is 41.0 Å². The van der Waals surface area contributed by atoms with Crippen LogP contribution in [0, 0.1) is 19.8 Å². The van der Waals surface area contributed by atoms with Crippen LogP contribution in [-0.2, 0) is 24.2 Å². The lowest BCUT2D eigenvalue weighted by molar-refractivity contribution is -0.113. The SMILES string of the molecule is C=CCn1c(SCC(=O)Nc2nc(-c3ccc(C)c(C)c3)cs2)nnc1-c1csc2c1CCC(C)C2. The maximum absolute atomic E-state index is 12.7. The smallest absolute Gasteiger partial charge is 0.236 e. The largest absolute Gasteiger partial charge is 0.301 e. The number of aryl methyl sites for hydroxylation is 2. The summed E-state index contributed by atoms with van der Waals surface area (Å²) < 4.78 is 2.06. The van der Waals surface area contributed by atoms with E-state index in [1.165, 1.54) is 56.7 Å². The molecule has 1 unspecified atom stereocenters. The van der Waals surface area contributed by atoms with Gasteiger partial charge in [0.1, 0.15) is 0 Å². The van der Waals surface area contributed by atoms with Crippen molar-refractivity contribution in [3.63, 3.8) is 0 Å². The lowest BCUT2D eigenvalue weighted by Gasteiger charge is -2.19. The number of nitrogens with one attached hydrogen (secondary N) is 1. The molecule has 3 aromatic heterocycles. The molecule has 186 valence electrons. The van der Waals surface area contributed by atoms with Crippen LogP contribution in [0.3, 0.4) is 0 Å². The molecule has 6 nitrogen and oxygen atoms in total. The summed E-state index contributed by atoms with van der Waals surface area (Å²) in [6, 6.07) is 6.29. The van der Waals surface area contributed by atoms with Gasteiger partial charge in [0.05, 0.1) is 11.4 Å². The van der Waals surface area contributed by atoms with Crippen molar-refractivity contribution in [3.05, 3.63) is 63.2 Å². The number of fused-ring (bicyclic) bond motifs is 1. The summed E-state index contributed by atoms with van der Waals surface area (Å²) in [7, 11) is 0. The fourth-order valence-corrected chi connectivity index (χ4v) is 7.13. The fourth-order valence-electron chi connectivity index (χ4n) is 4.40. The van der Waals surface area contributed by atoms with Gasteiger partial charge < -0.3 is 5.32 Å². The third kappa shape index (κ3) is 5.19. The molecule has 4 aromatic rings. The minimum absolute atomic E-state index is 0.113. The van der Waals surface area contributed by atoms with Gasteiger partial charge in [-0.2, -0.15) is 0 Å². The molecule has 36 heavy (non-hydrogen) atoms. The van der Waals surface area contributed by atoms with Crippen molar-refractivity contribution in [2.45, 2.75) is 51.7 Å². The Morgan fingerprint density at radius 1 is 1.25 bits per heavy atom. The fraction of sp³-hybridized carbons (Fsp3) is 0.333. The van der Waals surface area contributed by atoms with E-state index >= 15 is 0 Å².